The average molecular weight is 408 g/mol. The van der Waals surface area contributed by atoms with Crippen LogP contribution < -0.4 is 16.0 Å². The van der Waals surface area contributed by atoms with E-state index in [0.717, 1.165) is 43.0 Å². The van der Waals surface area contributed by atoms with Crippen LogP contribution in [0.15, 0.2) is 36.8 Å². The summed E-state index contributed by atoms with van der Waals surface area (Å²) in [6, 6.07) is 6.27. The maximum atomic E-state index is 12.7. The van der Waals surface area contributed by atoms with Crippen molar-refractivity contribution >= 4 is 34.4 Å². The third-order valence-corrected chi connectivity index (χ3v) is 5.49. The lowest BCUT2D eigenvalue weighted by Crippen LogP contribution is -2.53. The van der Waals surface area contributed by atoms with Gasteiger partial charge in [0.05, 0.1) is 17.6 Å². The van der Waals surface area contributed by atoms with Crippen LogP contribution in [0.25, 0.3) is 11.0 Å². The molecule has 3 heterocycles. The van der Waals surface area contributed by atoms with E-state index in [1.807, 2.05) is 14.0 Å². The number of amides is 2. The fourth-order valence-corrected chi connectivity index (χ4v) is 3.65. The number of carbonyl (C=O) groups excluding carboxylic acids is 2. The second-order valence-corrected chi connectivity index (χ2v) is 7.33. The van der Waals surface area contributed by atoms with Gasteiger partial charge in [-0.25, -0.2) is 9.97 Å². The fourth-order valence-electron chi connectivity index (χ4n) is 3.65. The highest BCUT2D eigenvalue weighted by Crippen LogP contribution is 2.23. The number of hydrogen-bond donors (Lipinski definition) is 2. The summed E-state index contributed by atoms with van der Waals surface area (Å²) >= 11 is 0. The molecule has 3 aromatic rings. The van der Waals surface area contributed by atoms with Crippen LogP contribution in [0.4, 0.5) is 11.5 Å². The topological polar surface area (TPSA) is 122 Å². The van der Waals surface area contributed by atoms with Crippen molar-refractivity contribution in [3.63, 3.8) is 0 Å². The minimum absolute atomic E-state index is 0.0908. The Bertz CT molecular complexity index is 1070. The number of carbonyl (C=O) groups is 2. The smallest absolute Gasteiger partial charge is 0.248 e. The molecule has 1 aromatic carbocycles. The number of nitrogens with one attached hydrogen (secondary N) is 1. The van der Waals surface area contributed by atoms with E-state index in [2.05, 4.69) is 30.2 Å². The Labute approximate surface area is 173 Å². The molecule has 1 aliphatic rings. The molecule has 2 aromatic heterocycles. The van der Waals surface area contributed by atoms with Gasteiger partial charge in [0.15, 0.2) is 5.65 Å². The van der Waals surface area contributed by atoms with Crippen molar-refractivity contribution in [2.45, 2.75) is 13.0 Å². The van der Waals surface area contributed by atoms with E-state index in [4.69, 9.17) is 5.73 Å². The van der Waals surface area contributed by atoms with Gasteiger partial charge in [-0.05, 0) is 31.2 Å². The summed E-state index contributed by atoms with van der Waals surface area (Å²) in [5, 5.41) is 8.10. The van der Waals surface area contributed by atoms with Crippen molar-refractivity contribution < 1.29 is 9.59 Å². The molecule has 10 nitrogen and oxygen atoms in total. The molecule has 0 aliphatic carbocycles. The molecule has 10 heteroatoms. The number of rotatable bonds is 5. The highest BCUT2D eigenvalue weighted by Gasteiger charge is 2.27. The standard InChI is InChI=1S/C20H24N8O2/c1-13(20(30)25-15-5-3-14(4-6-15)17(21)29)27-7-9-28(10-8-27)19-16-11-24-26(2)18(16)22-12-23-19/h3-6,11-13H,7-10H2,1-2H3,(H2,21,29)(H,25,30). The molecule has 3 N–H and O–H groups in total. The largest absolute Gasteiger partial charge is 0.366 e. The Hall–Kier alpha value is -3.53. The Morgan fingerprint density at radius 3 is 2.47 bits per heavy atom. The van der Waals surface area contributed by atoms with Crippen LogP contribution in [-0.4, -0.2) is 68.7 Å². The van der Waals surface area contributed by atoms with Gasteiger partial charge in [-0.15, -0.1) is 0 Å². The van der Waals surface area contributed by atoms with Crippen LogP contribution in [0.5, 0.6) is 0 Å². The van der Waals surface area contributed by atoms with Crippen molar-refractivity contribution in [3.8, 4) is 0 Å². The third-order valence-electron chi connectivity index (χ3n) is 5.49. The number of aromatic nitrogens is 4. The third kappa shape index (κ3) is 3.81. The Morgan fingerprint density at radius 1 is 1.10 bits per heavy atom. The summed E-state index contributed by atoms with van der Waals surface area (Å²) in [6.07, 6.45) is 3.35. The first-order chi connectivity index (χ1) is 14.4. The maximum Gasteiger partial charge on any atom is 0.248 e. The Balaban J connectivity index is 1.37. The summed E-state index contributed by atoms with van der Waals surface area (Å²) in [5.41, 5.74) is 7.09. The first-order valence-corrected chi connectivity index (χ1v) is 9.76. The lowest BCUT2D eigenvalue weighted by atomic mass is 10.1. The molecule has 1 atom stereocenters. The quantitative estimate of drug-likeness (QED) is 0.634. The minimum Gasteiger partial charge on any atom is -0.366 e. The average Bonchev–Trinajstić information content (AvgIpc) is 3.15. The van der Waals surface area contributed by atoms with Gasteiger partial charge >= 0.3 is 0 Å². The van der Waals surface area contributed by atoms with Gasteiger partial charge in [0.25, 0.3) is 0 Å². The van der Waals surface area contributed by atoms with E-state index in [-0.39, 0.29) is 11.9 Å². The van der Waals surface area contributed by atoms with E-state index in [1.165, 1.54) is 0 Å². The number of aryl methyl sites for hydroxylation is 1. The molecule has 2 amide bonds. The summed E-state index contributed by atoms with van der Waals surface area (Å²) in [5.74, 6) is 0.290. The van der Waals surface area contributed by atoms with Gasteiger partial charge in [-0.2, -0.15) is 5.10 Å². The zero-order chi connectivity index (χ0) is 21.3. The normalized spacial score (nSPS) is 15.9. The molecule has 1 saturated heterocycles. The van der Waals surface area contributed by atoms with Crippen molar-refractivity contribution in [2.24, 2.45) is 12.8 Å². The van der Waals surface area contributed by atoms with E-state index in [9.17, 15) is 9.59 Å². The molecule has 1 unspecified atom stereocenters. The monoisotopic (exact) mass is 408 g/mol. The number of anilines is 2. The molecule has 0 bridgehead atoms. The van der Waals surface area contributed by atoms with Crippen LogP contribution in [0, 0.1) is 0 Å². The zero-order valence-electron chi connectivity index (χ0n) is 16.9. The molecule has 1 fully saturated rings. The second kappa shape index (κ2) is 8.07. The Kier molecular flexibility index (Phi) is 5.32. The molecule has 0 saturated carbocycles. The molecule has 30 heavy (non-hydrogen) atoms. The first-order valence-electron chi connectivity index (χ1n) is 9.76. The fraction of sp³-hybridized carbons (Fsp3) is 0.350. The number of hydrogen-bond acceptors (Lipinski definition) is 7. The van der Waals surface area contributed by atoms with Crippen LogP contribution in [0.3, 0.4) is 0 Å². The minimum atomic E-state index is -0.494. The highest BCUT2D eigenvalue weighted by molar-refractivity contribution is 5.96. The van der Waals surface area contributed by atoms with Gasteiger partial charge in [-0.1, -0.05) is 0 Å². The van der Waals surface area contributed by atoms with Gasteiger partial charge < -0.3 is 16.0 Å². The van der Waals surface area contributed by atoms with Crippen LogP contribution >= 0.6 is 0 Å². The van der Waals surface area contributed by atoms with E-state index >= 15 is 0 Å². The molecule has 0 radical (unpaired) electrons. The van der Waals surface area contributed by atoms with Crippen LogP contribution in [0.1, 0.15) is 17.3 Å². The van der Waals surface area contributed by atoms with Crippen LogP contribution in [-0.2, 0) is 11.8 Å². The first kappa shape index (κ1) is 19.8. The number of nitrogens with two attached hydrogens (primary N) is 1. The number of fused-ring (bicyclic) bond motifs is 1. The zero-order valence-corrected chi connectivity index (χ0v) is 16.9. The van der Waals surface area contributed by atoms with Gasteiger partial charge in [-0.3, -0.25) is 19.2 Å². The number of nitrogens with zero attached hydrogens (tertiary/aromatic N) is 6. The maximum absolute atomic E-state index is 12.7. The van der Waals surface area contributed by atoms with E-state index < -0.39 is 5.91 Å². The lowest BCUT2D eigenvalue weighted by molar-refractivity contribution is -0.120. The SMILES string of the molecule is CC(C(=O)Nc1ccc(C(N)=O)cc1)N1CCN(c2ncnc3c2cnn3C)CC1. The molecule has 4 rings (SSSR count). The molecular weight excluding hydrogens is 384 g/mol. The van der Waals surface area contributed by atoms with Crippen molar-refractivity contribution in [3.05, 3.63) is 42.4 Å². The van der Waals surface area contributed by atoms with Gasteiger partial charge in [0, 0.05) is 44.5 Å². The number of primary amides is 1. The van der Waals surface area contributed by atoms with Gasteiger partial charge in [0.2, 0.25) is 11.8 Å². The summed E-state index contributed by atoms with van der Waals surface area (Å²) in [7, 11) is 1.86. The van der Waals surface area contributed by atoms with Crippen LogP contribution in [0.2, 0.25) is 0 Å². The molecular formula is C20H24N8O2. The van der Waals surface area contributed by atoms with Crippen molar-refractivity contribution in [2.75, 3.05) is 36.4 Å². The predicted molar refractivity (Wildman–Crippen MR) is 113 cm³/mol. The molecule has 156 valence electrons. The number of benzene rings is 1. The summed E-state index contributed by atoms with van der Waals surface area (Å²) in [6.45, 7) is 4.88. The summed E-state index contributed by atoms with van der Waals surface area (Å²) < 4.78 is 1.74. The van der Waals surface area contributed by atoms with Crippen molar-refractivity contribution in [1.29, 1.82) is 0 Å². The highest BCUT2D eigenvalue weighted by atomic mass is 16.2. The van der Waals surface area contributed by atoms with Gasteiger partial charge in [0.1, 0.15) is 12.1 Å². The Morgan fingerprint density at radius 2 is 1.80 bits per heavy atom. The second-order valence-electron chi connectivity index (χ2n) is 7.33. The molecule has 0 spiro atoms. The van der Waals surface area contributed by atoms with Crippen molar-refractivity contribution in [1.82, 2.24) is 24.6 Å². The van der Waals surface area contributed by atoms with E-state index in [0.29, 0.717) is 11.3 Å². The van der Waals surface area contributed by atoms with E-state index in [1.54, 1.807) is 41.5 Å². The lowest BCUT2D eigenvalue weighted by Gasteiger charge is -2.38. The molecule has 1 aliphatic heterocycles. The summed E-state index contributed by atoms with van der Waals surface area (Å²) in [4.78, 5) is 36.9. The predicted octanol–water partition coefficient (Wildman–Crippen LogP) is 0.611. The number of piperazine rings is 1.